The second-order valence-electron chi connectivity index (χ2n) is 4.28. The molecule has 0 aromatic heterocycles. The number of carbonyl (C=O) groups is 1. The highest BCUT2D eigenvalue weighted by Crippen LogP contribution is 2.17. The molecule has 20 heavy (non-hydrogen) atoms. The Balaban J connectivity index is 2.55. The number of aryl methyl sites for hydroxylation is 1. The summed E-state index contributed by atoms with van der Waals surface area (Å²) in [6, 6.07) is 5.40. The number of rotatable bonds is 6. The molecule has 0 saturated heterocycles. The molecule has 1 aromatic rings. The normalized spacial score (nSPS) is 11.4. The van der Waals surface area contributed by atoms with E-state index in [0.717, 1.165) is 0 Å². The number of alkyl halides is 3. The fourth-order valence-electron chi connectivity index (χ4n) is 1.69. The lowest BCUT2D eigenvalue weighted by Gasteiger charge is -2.23. The molecule has 0 aliphatic rings. The van der Waals surface area contributed by atoms with Crippen LogP contribution >= 0.6 is 0 Å². The van der Waals surface area contributed by atoms with Gasteiger partial charge in [-0.05, 0) is 24.1 Å². The monoisotopic (exact) mass is 293 g/mol. The van der Waals surface area contributed by atoms with Crippen molar-refractivity contribution in [1.82, 2.24) is 4.90 Å². The first-order valence-electron chi connectivity index (χ1n) is 6.01. The molecule has 0 aliphatic carbocycles. The molecular formula is C13H15F4NO2. The van der Waals surface area contributed by atoms with Crippen LogP contribution in [0, 0.1) is 5.82 Å². The predicted octanol–water partition coefficient (Wildman–Crippen LogP) is 2.14. The maximum absolute atomic E-state index is 12.7. The fraction of sp³-hybridized carbons (Fsp3) is 0.462. The van der Waals surface area contributed by atoms with Gasteiger partial charge in [0.15, 0.2) is 0 Å². The summed E-state index contributed by atoms with van der Waals surface area (Å²) < 4.78 is 49.5. The van der Waals surface area contributed by atoms with Crippen LogP contribution in [0.25, 0.3) is 0 Å². The number of aliphatic hydroxyl groups is 1. The van der Waals surface area contributed by atoms with Crippen molar-refractivity contribution in [3.8, 4) is 0 Å². The van der Waals surface area contributed by atoms with Crippen LogP contribution in [-0.2, 0) is 11.2 Å². The summed E-state index contributed by atoms with van der Waals surface area (Å²) in [6.07, 6.45) is -4.40. The Labute approximate surface area is 113 Å². The third kappa shape index (κ3) is 6.01. The van der Waals surface area contributed by atoms with Crippen molar-refractivity contribution in [2.45, 2.75) is 19.0 Å². The first-order valence-corrected chi connectivity index (χ1v) is 6.01. The first-order chi connectivity index (χ1) is 9.31. The number of aliphatic hydroxyl groups excluding tert-OH is 1. The van der Waals surface area contributed by atoms with Crippen LogP contribution in [-0.4, -0.2) is 41.8 Å². The molecule has 1 N–H and O–H groups in total. The number of nitrogens with zero attached hydrogens (tertiary/aromatic N) is 1. The Kier molecular flexibility index (Phi) is 5.94. The molecule has 0 atom stereocenters. The van der Waals surface area contributed by atoms with Gasteiger partial charge in [0.1, 0.15) is 12.4 Å². The SMILES string of the molecule is O=C(CCc1ccc(F)cc1)N(CCO)CC(F)(F)F. The predicted molar refractivity (Wildman–Crippen MR) is 64.4 cm³/mol. The summed E-state index contributed by atoms with van der Waals surface area (Å²) in [7, 11) is 0. The van der Waals surface area contributed by atoms with Crippen LogP contribution in [0.4, 0.5) is 17.6 Å². The summed E-state index contributed by atoms with van der Waals surface area (Å²) in [4.78, 5) is 12.3. The Morgan fingerprint density at radius 1 is 1.20 bits per heavy atom. The smallest absolute Gasteiger partial charge is 0.395 e. The molecular weight excluding hydrogens is 278 g/mol. The van der Waals surface area contributed by atoms with Gasteiger partial charge in [0.05, 0.1) is 6.61 Å². The minimum Gasteiger partial charge on any atom is -0.395 e. The van der Waals surface area contributed by atoms with E-state index in [1.54, 1.807) is 0 Å². The van der Waals surface area contributed by atoms with Gasteiger partial charge in [-0.1, -0.05) is 12.1 Å². The number of benzene rings is 1. The lowest BCUT2D eigenvalue weighted by atomic mass is 10.1. The lowest BCUT2D eigenvalue weighted by Crippen LogP contribution is -2.40. The number of carbonyl (C=O) groups excluding carboxylic acids is 1. The van der Waals surface area contributed by atoms with Gasteiger partial charge >= 0.3 is 6.18 Å². The minimum atomic E-state index is -4.50. The van der Waals surface area contributed by atoms with Crippen LogP contribution in [0.3, 0.4) is 0 Å². The third-order valence-electron chi connectivity index (χ3n) is 2.63. The molecule has 0 saturated carbocycles. The molecule has 0 spiro atoms. The van der Waals surface area contributed by atoms with Crippen molar-refractivity contribution in [2.75, 3.05) is 19.7 Å². The van der Waals surface area contributed by atoms with Gasteiger partial charge in [0.25, 0.3) is 0 Å². The zero-order chi connectivity index (χ0) is 15.2. The minimum absolute atomic E-state index is 0.123. The number of hydrogen-bond acceptors (Lipinski definition) is 2. The van der Waals surface area contributed by atoms with E-state index in [0.29, 0.717) is 10.5 Å². The molecule has 3 nitrogen and oxygen atoms in total. The van der Waals surface area contributed by atoms with Crippen molar-refractivity contribution in [3.05, 3.63) is 35.6 Å². The average molecular weight is 293 g/mol. The third-order valence-corrected chi connectivity index (χ3v) is 2.63. The van der Waals surface area contributed by atoms with E-state index in [2.05, 4.69) is 0 Å². The van der Waals surface area contributed by atoms with E-state index in [9.17, 15) is 22.4 Å². The Hall–Kier alpha value is -1.63. The molecule has 1 rings (SSSR count). The molecule has 0 fully saturated rings. The van der Waals surface area contributed by atoms with Crippen LogP contribution in [0.2, 0.25) is 0 Å². The van der Waals surface area contributed by atoms with Gasteiger partial charge in [0.2, 0.25) is 5.91 Å². The van der Waals surface area contributed by atoms with Gasteiger partial charge in [-0.15, -0.1) is 0 Å². The zero-order valence-corrected chi connectivity index (χ0v) is 10.7. The van der Waals surface area contributed by atoms with E-state index in [4.69, 9.17) is 5.11 Å². The van der Waals surface area contributed by atoms with Gasteiger partial charge in [-0.25, -0.2) is 4.39 Å². The van der Waals surface area contributed by atoms with E-state index in [1.807, 2.05) is 0 Å². The van der Waals surface area contributed by atoms with Gasteiger partial charge in [-0.3, -0.25) is 4.79 Å². The van der Waals surface area contributed by atoms with Crippen LogP contribution < -0.4 is 0 Å². The molecule has 112 valence electrons. The van der Waals surface area contributed by atoms with E-state index >= 15 is 0 Å². The molecule has 0 radical (unpaired) electrons. The summed E-state index contributed by atoms with van der Waals surface area (Å²) in [5.74, 6) is -1.11. The van der Waals surface area contributed by atoms with Crippen LogP contribution in [0.5, 0.6) is 0 Å². The van der Waals surface area contributed by atoms with Gasteiger partial charge < -0.3 is 10.0 Å². The molecule has 0 heterocycles. The number of hydrogen-bond donors (Lipinski definition) is 1. The molecule has 1 aromatic carbocycles. The Bertz CT molecular complexity index is 431. The van der Waals surface area contributed by atoms with E-state index in [1.165, 1.54) is 24.3 Å². The van der Waals surface area contributed by atoms with Crippen LogP contribution in [0.15, 0.2) is 24.3 Å². The highest BCUT2D eigenvalue weighted by Gasteiger charge is 2.32. The molecule has 1 amide bonds. The van der Waals surface area contributed by atoms with Gasteiger partial charge in [-0.2, -0.15) is 13.2 Å². The maximum atomic E-state index is 12.7. The second kappa shape index (κ2) is 7.23. The van der Waals surface area contributed by atoms with E-state index in [-0.39, 0.29) is 19.4 Å². The number of amides is 1. The molecule has 0 unspecified atom stereocenters. The van der Waals surface area contributed by atoms with Crippen molar-refractivity contribution in [3.63, 3.8) is 0 Å². The quantitative estimate of drug-likeness (QED) is 0.816. The summed E-state index contributed by atoms with van der Waals surface area (Å²) >= 11 is 0. The van der Waals surface area contributed by atoms with Crippen molar-refractivity contribution in [1.29, 1.82) is 0 Å². The van der Waals surface area contributed by atoms with Gasteiger partial charge in [0, 0.05) is 13.0 Å². The van der Waals surface area contributed by atoms with Crippen molar-refractivity contribution < 1.29 is 27.5 Å². The van der Waals surface area contributed by atoms with Crippen molar-refractivity contribution in [2.24, 2.45) is 0 Å². The lowest BCUT2D eigenvalue weighted by molar-refractivity contribution is -0.162. The summed E-state index contributed by atoms with van der Waals surface area (Å²) in [5.41, 5.74) is 0.663. The summed E-state index contributed by atoms with van der Waals surface area (Å²) in [6.45, 7) is -2.27. The first kappa shape index (κ1) is 16.4. The number of halogens is 4. The topological polar surface area (TPSA) is 40.5 Å². The highest BCUT2D eigenvalue weighted by atomic mass is 19.4. The summed E-state index contributed by atoms with van der Waals surface area (Å²) in [5, 5.41) is 8.70. The molecule has 7 heteroatoms. The van der Waals surface area contributed by atoms with Crippen molar-refractivity contribution >= 4 is 5.91 Å². The Morgan fingerprint density at radius 3 is 2.30 bits per heavy atom. The average Bonchev–Trinajstić information content (AvgIpc) is 2.35. The largest absolute Gasteiger partial charge is 0.406 e. The van der Waals surface area contributed by atoms with Crippen LogP contribution in [0.1, 0.15) is 12.0 Å². The second-order valence-corrected chi connectivity index (χ2v) is 4.28. The standard InChI is InChI=1S/C13H15F4NO2/c14-11-4-1-10(2-5-11)3-6-12(20)18(7-8-19)9-13(15,16)17/h1-2,4-5,19H,3,6-9H2. The molecule has 0 bridgehead atoms. The maximum Gasteiger partial charge on any atom is 0.406 e. The van der Waals surface area contributed by atoms with E-state index < -0.39 is 31.1 Å². The zero-order valence-electron chi connectivity index (χ0n) is 10.7. The molecule has 0 aliphatic heterocycles. The highest BCUT2D eigenvalue weighted by molar-refractivity contribution is 5.76. The fourth-order valence-corrected chi connectivity index (χ4v) is 1.69. The Morgan fingerprint density at radius 2 is 1.80 bits per heavy atom.